The van der Waals surface area contributed by atoms with E-state index < -0.39 is 5.97 Å². The number of nitrogens with zero attached hydrogens (tertiary/aromatic N) is 1. The highest BCUT2D eigenvalue weighted by Gasteiger charge is 2.09. The fourth-order valence-corrected chi connectivity index (χ4v) is 1.82. The number of aromatic carboxylic acids is 1. The Morgan fingerprint density at radius 1 is 1.42 bits per heavy atom. The Hall–Kier alpha value is -2.34. The van der Waals surface area contributed by atoms with E-state index in [1.54, 1.807) is 13.0 Å². The van der Waals surface area contributed by atoms with Crippen molar-refractivity contribution >= 4 is 29.1 Å². The monoisotopic (exact) mass is 279 g/mol. The topological polar surface area (TPSA) is 95.1 Å². The van der Waals surface area contributed by atoms with Gasteiger partial charge in [0, 0.05) is 11.8 Å². The number of carboxylic acids is 1. The van der Waals surface area contributed by atoms with Gasteiger partial charge in [0.15, 0.2) is 0 Å². The maximum absolute atomic E-state index is 11.3. The van der Waals surface area contributed by atoms with Crippen molar-refractivity contribution in [2.45, 2.75) is 6.92 Å². The quantitative estimate of drug-likeness (QED) is 0.800. The molecule has 0 fully saturated rings. The second-order valence-corrected chi connectivity index (χ2v) is 4.25. The fraction of sp³-hybridized carbons (Fsp3) is 0.0833. The van der Waals surface area contributed by atoms with Crippen LogP contribution < -0.4 is 10.9 Å². The van der Waals surface area contributed by atoms with Gasteiger partial charge < -0.3 is 15.4 Å². The Morgan fingerprint density at radius 2 is 2.16 bits per heavy atom. The standard InChI is InChI=1S/C12H10ClN3O3/c1-6-14-10(5-11(17)15-6)16-7-2-3-8(12(18)19)9(13)4-7/h2-5H,1H3,(H,18,19)(H2,14,15,16,17). The molecule has 2 rings (SSSR count). The van der Waals surface area contributed by atoms with Gasteiger partial charge in [-0.05, 0) is 25.1 Å². The third kappa shape index (κ3) is 3.11. The molecule has 0 aliphatic carbocycles. The zero-order valence-corrected chi connectivity index (χ0v) is 10.7. The van der Waals surface area contributed by atoms with E-state index in [0.29, 0.717) is 17.3 Å². The minimum atomic E-state index is -1.10. The van der Waals surface area contributed by atoms with E-state index in [1.165, 1.54) is 18.2 Å². The Labute approximate surface area is 113 Å². The number of rotatable bonds is 3. The van der Waals surface area contributed by atoms with Crippen LogP contribution in [0.4, 0.5) is 11.5 Å². The molecule has 0 radical (unpaired) electrons. The van der Waals surface area contributed by atoms with Gasteiger partial charge in [0.2, 0.25) is 0 Å². The van der Waals surface area contributed by atoms with Crippen molar-refractivity contribution in [3.05, 3.63) is 51.0 Å². The summed E-state index contributed by atoms with van der Waals surface area (Å²) in [5, 5.41) is 11.9. The van der Waals surface area contributed by atoms with Gasteiger partial charge in [0.1, 0.15) is 11.6 Å². The summed E-state index contributed by atoms with van der Waals surface area (Å²) in [6, 6.07) is 5.69. The number of anilines is 2. The molecule has 0 aliphatic heterocycles. The molecule has 19 heavy (non-hydrogen) atoms. The van der Waals surface area contributed by atoms with Crippen molar-refractivity contribution in [1.29, 1.82) is 0 Å². The Morgan fingerprint density at radius 3 is 2.74 bits per heavy atom. The second-order valence-electron chi connectivity index (χ2n) is 3.84. The number of benzene rings is 1. The van der Waals surface area contributed by atoms with Crippen molar-refractivity contribution in [2.75, 3.05) is 5.32 Å². The van der Waals surface area contributed by atoms with Crippen LogP contribution in [0.2, 0.25) is 5.02 Å². The lowest BCUT2D eigenvalue weighted by Crippen LogP contribution is -2.10. The fourth-order valence-electron chi connectivity index (χ4n) is 1.56. The Bertz CT molecular complexity index is 697. The Balaban J connectivity index is 2.31. The highest BCUT2D eigenvalue weighted by molar-refractivity contribution is 6.33. The molecule has 98 valence electrons. The number of halogens is 1. The van der Waals surface area contributed by atoms with Crippen molar-refractivity contribution in [3.8, 4) is 0 Å². The van der Waals surface area contributed by atoms with E-state index >= 15 is 0 Å². The summed E-state index contributed by atoms with van der Waals surface area (Å²) < 4.78 is 0. The van der Waals surface area contributed by atoms with E-state index in [-0.39, 0.29) is 16.1 Å². The first-order valence-corrected chi connectivity index (χ1v) is 5.71. The zero-order valence-electron chi connectivity index (χ0n) is 9.90. The van der Waals surface area contributed by atoms with E-state index in [1.807, 2.05) is 0 Å². The van der Waals surface area contributed by atoms with Gasteiger partial charge in [-0.2, -0.15) is 0 Å². The molecule has 1 aromatic heterocycles. The number of aryl methyl sites for hydroxylation is 1. The van der Waals surface area contributed by atoms with Crippen LogP contribution in [0.1, 0.15) is 16.2 Å². The van der Waals surface area contributed by atoms with Crippen LogP contribution in [0.25, 0.3) is 0 Å². The van der Waals surface area contributed by atoms with Crippen LogP contribution in [0.3, 0.4) is 0 Å². The van der Waals surface area contributed by atoms with Gasteiger partial charge in [-0.3, -0.25) is 4.79 Å². The predicted molar refractivity (Wildman–Crippen MR) is 71.3 cm³/mol. The van der Waals surface area contributed by atoms with Crippen molar-refractivity contribution in [3.63, 3.8) is 0 Å². The first-order valence-electron chi connectivity index (χ1n) is 5.33. The van der Waals surface area contributed by atoms with Crippen molar-refractivity contribution < 1.29 is 9.90 Å². The van der Waals surface area contributed by atoms with Crippen LogP contribution >= 0.6 is 11.6 Å². The maximum Gasteiger partial charge on any atom is 0.337 e. The Kier molecular flexibility index (Phi) is 3.52. The molecule has 0 amide bonds. The average Bonchev–Trinajstić information content (AvgIpc) is 2.26. The molecule has 3 N–H and O–H groups in total. The number of hydrogen-bond donors (Lipinski definition) is 3. The molecule has 0 aliphatic rings. The third-order valence-corrected chi connectivity index (χ3v) is 2.64. The molecule has 6 nitrogen and oxygen atoms in total. The summed E-state index contributed by atoms with van der Waals surface area (Å²) in [6.07, 6.45) is 0. The minimum Gasteiger partial charge on any atom is -0.478 e. The maximum atomic E-state index is 11.3. The number of carboxylic acid groups (broad SMARTS) is 1. The van der Waals surface area contributed by atoms with Gasteiger partial charge in [-0.25, -0.2) is 9.78 Å². The smallest absolute Gasteiger partial charge is 0.337 e. The third-order valence-electron chi connectivity index (χ3n) is 2.33. The lowest BCUT2D eigenvalue weighted by atomic mass is 10.2. The summed E-state index contributed by atoms with van der Waals surface area (Å²) in [6.45, 7) is 1.66. The van der Waals surface area contributed by atoms with E-state index in [4.69, 9.17) is 16.7 Å². The van der Waals surface area contributed by atoms with Crippen molar-refractivity contribution in [1.82, 2.24) is 9.97 Å². The van der Waals surface area contributed by atoms with Gasteiger partial charge in [0.25, 0.3) is 5.56 Å². The van der Waals surface area contributed by atoms with Gasteiger partial charge in [-0.15, -0.1) is 0 Å². The number of H-pyrrole nitrogens is 1. The average molecular weight is 280 g/mol. The van der Waals surface area contributed by atoms with E-state index in [9.17, 15) is 9.59 Å². The molecular formula is C12H10ClN3O3. The van der Waals surface area contributed by atoms with E-state index in [0.717, 1.165) is 0 Å². The summed E-state index contributed by atoms with van der Waals surface area (Å²) in [7, 11) is 0. The molecule has 0 spiro atoms. The highest BCUT2D eigenvalue weighted by atomic mass is 35.5. The first-order chi connectivity index (χ1) is 8.95. The molecule has 1 aromatic carbocycles. The van der Waals surface area contributed by atoms with Crippen LogP contribution in [0.5, 0.6) is 0 Å². The van der Waals surface area contributed by atoms with Gasteiger partial charge >= 0.3 is 5.97 Å². The number of nitrogens with one attached hydrogen (secondary N) is 2. The SMILES string of the molecule is Cc1nc(Nc2ccc(C(=O)O)c(Cl)c2)cc(=O)[nH]1. The van der Waals surface area contributed by atoms with Gasteiger partial charge in [0.05, 0.1) is 10.6 Å². The second kappa shape index (κ2) is 5.11. The molecular weight excluding hydrogens is 270 g/mol. The summed E-state index contributed by atoms with van der Waals surface area (Å²) in [5.41, 5.74) is 0.290. The van der Waals surface area contributed by atoms with Crippen LogP contribution in [-0.4, -0.2) is 21.0 Å². The number of aromatic nitrogens is 2. The molecule has 0 saturated heterocycles. The molecule has 0 unspecified atom stereocenters. The summed E-state index contributed by atoms with van der Waals surface area (Å²) in [4.78, 5) is 28.7. The number of aromatic amines is 1. The molecule has 0 bridgehead atoms. The van der Waals surface area contributed by atoms with E-state index in [2.05, 4.69) is 15.3 Å². The molecule has 1 heterocycles. The molecule has 7 heteroatoms. The predicted octanol–water partition coefficient (Wildman–Crippen LogP) is 2.17. The van der Waals surface area contributed by atoms with Gasteiger partial charge in [-0.1, -0.05) is 11.6 Å². The highest BCUT2D eigenvalue weighted by Crippen LogP contribution is 2.22. The lowest BCUT2D eigenvalue weighted by Gasteiger charge is -2.07. The molecule has 0 atom stereocenters. The van der Waals surface area contributed by atoms with Crippen LogP contribution in [0.15, 0.2) is 29.1 Å². The largest absolute Gasteiger partial charge is 0.478 e. The minimum absolute atomic E-state index is 0.0160. The number of carbonyl (C=O) groups is 1. The number of hydrogen-bond acceptors (Lipinski definition) is 4. The molecule has 0 saturated carbocycles. The van der Waals surface area contributed by atoms with Crippen LogP contribution in [-0.2, 0) is 0 Å². The normalized spacial score (nSPS) is 10.2. The first kappa shape index (κ1) is 13.1. The van der Waals surface area contributed by atoms with Crippen molar-refractivity contribution in [2.24, 2.45) is 0 Å². The summed E-state index contributed by atoms with van der Waals surface area (Å²) >= 11 is 5.84. The lowest BCUT2D eigenvalue weighted by molar-refractivity contribution is 0.0697. The molecule has 2 aromatic rings. The van der Waals surface area contributed by atoms with Crippen LogP contribution in [0, 0.1) is 6.92 Å². The zero-order chi connectivity index (χ0) is 14.0. The summed E-state index contributed by atoms with van der Waals surface area (Å²) in [5.74, 6) is -0.259.